The van der Waals surface area contributed by atoms with E-state index < -0.39 is 0 Å². The van der Waals surface area contributed by atoms with E-state index in [-0.39, 0.29) is 0 Å². The van der Waals surface area contributed by atoms with E-state index in [1.54, 1.807) is 18.6 Å². The maximum atomic E-state index is 6.19. The van der Waals surface area contributed by atoms with Crippen molar-refractivity contribution in [3.8, 4) is 5.88 Å². The maximum Gasteiger partial charge on any atom is 0.222 e. The van der Waals surface area contributed by atoms with Crippen LogP contribution in [0.25, 0.3) is 21.7 Å². The Bertz CT molecular complexity index is 730. The number of hydrogen-bond donors (Lipinski definition) is 0. The van der Waals surface area contributed by atoms with E-state index in [0.717, 1.165) is 21.7 Å². The number of nitrogens with zero attached hydrogens (tertiary/aromatic N) is 3. The van der Waals surface area contributed by atoms with Gasteiger partial charge in [-0.1, -0.05) is 11.6 Å². The van der Waals surface area contributed by atoms with Crippen LogP contribution in [0.4, 0.5) is 0 Å². The molecule has 3 rings (SSSR count). The quantitative estimate of drug-likeness (QED) is 0.524. The number of pyridine rings is 3. The number of halogens is 1. The third-order valence-corrected chi connectivity index (χ3v) is 2.99. The summed E-state index contributed by atoms with van der Waals surface area (Å²) in [7, 11) is 0. The van der Waals surface area contributed by atoms with Gasteiger partial charge in [0, 0.05) is 29.4 Å². The molecule has 5 heteroatoms. The highest BCUT2D eigenvalue weighted by Crippen LogP contribution is 2.33. The summed E-state index contributed by atoms with van der Waals surface area (Å²) in [4.78, 5) is 12.7. The SMILES string of the molecule is CCOc1nccc2c(Cl)nc3ccncc3c12. The van der Waals surface area contributed by atoms with Crippen LogP contribution in [-0.4, -0.2) is 21.6 Å². The average Bonchev–Trinajstić information content (AvgIpc) is 2.40. The molecule has 0 saturated heterocycles. The van der Waals surface area contributed by atoms with Gasteiger partial charge in [-0.05, 0) is 19.1 Å². The third kappa shape index (κ3) is 1.66. The Morgan fingerprint density at radius 1 is 1.22 bits per heavy atom. The number of aromatic nitrogens is 3. The zero-order valence-corrected chi connectivity index (χ0v) is 10.5. The van der Waals surface area contributed by atoms with E-state index in [0.29, 0.717) is 17.6 Å². The summed E-state index contributed by atoms with van der Waals surface area (Å²) >= 11 is 6.19. The van der Waals surface area contributed by atoms with Crippen molar-refractivity contribution in [2.45, 2.75) is 6.92 Å². The van der Waals surface area contributed by atoms with E-state index >= 15 is 0 Å². The second-order valence-electron chi connectivity index (χ2n) is 3.77. The third-order valence-electron chi connectivity index (χ3n) is 2.71. The smallest absolute Gasteiger partial charge is 0.222 e. The molecule has 18 heavy (non-hydrogen) atoms. The van der Waals surface area contributed by atoms with Gasteiger partial charge in [0.05, 0.1) is 17.5 Å². The van der Waals surface area contributed by atoms with Crippen LogP contribution in [0.5, 0.6) is 5.88 Å². The van der Waals surface area contributed by atoms with Crippen molar-refractivity contribution in [3.05, 3.63) is 35.9 Å². The van der Waals surface area contributed by atoms with Gasteiger partial charge in [-0.25, -0.2) is 9.97 Å². The number of hydrogen-bond acceptors (Lipinski definition) is 4. The van der Waals surface area contributed by atoms with Gasteiger partial charge in [0.25, 0.3) is 0 Å². The topological polar surface area (TPSA) is 47.9 Å². The Balaban J connectivity index is 2.51. The fourth-order valence-corrected chi connectivity index (χ4v) is 2.21. The van der Waals surface area contributed by atoms with Crippen molar-refractivity contribution in [2.75, 3.05) is 6.61 Å². The Hall–Kier alpha value is -1.94. The summed E-state index contributed by atoms with van der Waals surface area (Å²) in [6.45, 7) is 2.47. The molecule has 0 aliphatic heterocycles. The first-order chi connectivity index (χ1) is 8.81. The molecule has 0 bridgehead atoms. The first-order valence-electron chi connectivity index (χ1n) is 5.62. The van der Waals surface area contributed by atoms with Gasteiger partial charge in [-0.2, -0.15) is 0 Å². The van der Waals surface area contributed by atoms with Crippen molar-refractivity contribution >= 4 is 33.3 Å². The van der Waals surface area contributed by atoms with Gasteiger partial charge in [0.2, 0.25) is 5.88 Å². The molecular weight excluding hydrogens is 250 g/mol. The summed E-state index contributed by atoms with van der Waals surface area (Å²) in [5.74, 6) is 0.567. The molecule has 0 aromatic carbocycles. The summed E-state index contributed by atoms with van der Waals surface area (Å²) in [6.07, 6.45) is 5.11. The van der Waals surface area contributed by atoms with Crippen LogP contribution in [0.3, 0.4) is 0 Å². The summed E-state index contributed by atoms with van der Waals surface area (Å²) in [5, 5.41) is 3.04. The Morgan fingerprint density at radius 2 is 2.11 bits per heavy atom. The fraction of sp³-hybridized carbons (Fsp3) is 0.154. The van der Waals surface area contributed by atoms with E-state index in [4.69, 9.17) is 16.3 Å². The highest BCUT2D eigenvalue weighted by Gasteiger charge is 2.12. The molecule has 4 nitrogen and oxygen atoms in total. The molecule has 0 fully saturated rings. The van der Waals surface area contributed by atoms with Crippen molar-refractivity contribution in [1.29, 1.82) is 0 Å². The molecule has 0 atom stereocenters. The second kappa shape index (κ2) is 4.38. The van der Waals surface area contributed by atoms with Crippen LogP contribution in [-0.2, 0) is 0 Å². The number of fused-ring (bicyclic) bond motifs is 3. The van der Waals surface area contributed by atoms with Crippen LogP contribution in [0.1, 0.15) is 6.92 Å². The number of rotatable bonds is 2. The van der Waals surface area contributed by atoms with Crippen LogP contribution >= 0.6 is 11.6 Å². The molecule has 0 amide bonds. The van der Waals surface area contributed by atoms with E-state index in [1.807, 2.05) is 19.1 Å². The molecule has 0 unspecified atom stereocenters. The normalized spacial score (nSPS) is 11.0. The van der Waals surface area contributed by atoms with Crippen LogP contribution in [0, 0.1) is 0 Å². The van der Waals surface area contributed by atoms with E-state index in [1.165, 1.54) is 0 Å². The molecule has 90 valence electrons. The minimum atomic E-state index is 0.451. The molecule has 0 saturated carbocycles. The lowest BCUT2D eigenvalue weighted by atomic mass is 10.1. The second-order valence-corrected chi connectivity index (χ2v) is 4.13. The molecule has 3 aromatic rings. The number of ether oxygens (including phenoxy) is 1. The van der Waals surface area contributed by atoms with E-state index in [2.05, 4.69) is 15.0 Å². The van der Waals surface area contributed by atoms with Crippen molar-refractivity contribution in [2.24, 2.45) is 0 Å². The summed E-state index contributed by atoms with van der Waals surface area (Å²) in [6, 6.07) is 3.66. The zero-order valence-electron chi connectivity index (χ0n) is 9.72. The molecule has 0 radical (unpaired) electrons. The van der Waals surface area contributed by atoms with Gasteiger partial charge in [-0.3, -0.25) is 4.98 Å². The fourth-order valence-electron chi connectivity index (χ4n) is 1.96. The van der Waals surface area contributed by atoms with Crippen LogP contribution in [0.15, 0.2) is 30.7 Å². The highest BCUT2D eigenvalue weighted by atomic mass is 35.5. The Kier molecular flexibility index (Phi) is 2.72. The average molecular weight is 260 g/mol. The van der Waals surface area contributed by atoms with Gasteiger partial charge >= 0.3 is 0 Å². The minimum Gasteiger partial charge on any atom is -0.478 e. The first-order valence-corrected chi connectivity index (χ1v) is 5.99. The predicted octanol–water partition coefficient (Wildman–Crippen LogP) is 3.23. The first kappa shape index (κ1) is 11.2. The van der Waals surface area contributed by atoms with Gasteiger partial charge in [-0.15, -0.1) is 0 Å². The van der Waals surface area contributed by atoms with Gasteiger partial charge < -0.3 is 4.74 Å². The minimum absolute atomic E-state index is 0.451. The standard InChI is InChI=1S/C13H10ClN3O/c1-2-18-13-11-8(3-6-16-13)12(14)17-10-4-5-15-7-9(10)11/h3-7H,2H2,1H3. The summed E-state index contributed by atoms with van der Waals surface area (Å²) < 4.78 is 5.56. The van der Waals surface area contributed by atoms with Gasteiger partial charge in [0.15, 0.2) is 0 Å². The Morgan fingerprint density at radius 3 is 2.94 bits per heavy atom. The maximum absolute atomic E-state index is 6.19. The lowest BCUT2D eigenvalue weighted by Gasteiger charge is -2.09. The van der Waals surface area contributed by atoms with Crippen LogP contribution in [0.2, 0.25) is 5.15 Å². The molecular formula is C13H10ClN3O. The monoisotopic (exact) mass is 259 g/mol. The molecule has 0 N–H and O–H groups in total. The molecule has 0 aliphatic carbocycles. The zero-order chi connectivity index (χ0) is 12.5. The lowest BCUT2D eigenvalue weighted by molar-refractivity contribution is 0.331. The molecule has 3 aromatic heterocycles. The van der Waals surface area contributed by atoms with Crippen LogP contribution < -0.4 is 4.74 Å². The van der Waals surface area contributed by atoms with Gasteiger partial charge in [0.1, 0.15) is 5.15 Å². The molecule has 3 heterocycles. The van der Waals surface area contributed by atoms with Crippen molar-refractivity contribution in [1.82, 2.24) is 15.0 Å². The Labute approximate surface area is 109 Å². The summed E-state index contributed by atoms with van der Waals surface area (Å²) in [5.41, 5.74) is 0.788. The largest absolute Gasteiger partial charge is 0.478 e. The highest BCUT2D eigenvalue weighted by molar-refractivity contribution is 6.36. The van der Waals surface area contributed by atoms with E-state index in [9.17, 15) is 0 Å². The predicted molar refractivity (Wildman–Crippen MR) is 71.0 cm³/mol. The lowest BCUT2D eigenvalue weighted by Crippen LogP contribution is -1.96. The van der Waals surface area contributed by atoms with Crippen molar-refractivity contribution < 1.29 is 4.74 Å². The molecule has 0 spiro atoms. The molecule has 0 aliphatic rings. The van der Waals surface area contributed by atoms with Crippen molar-refractivity contribution in [3.63, 3.8) is 0 Å².